The minimum atomic E-state index is -0.193. The Morgan fingerprint density at radius 2 is 1.85 bits per heavy atom. The van der Waals surface area contributed by atoms with Crippen LogP contribution in [0.2, 0.25) is 0 Å². The van der Waals surface area contributed by atoms with Crippen molar-refractivity contribution in [2.75, 3.05) is 36.4 Å². The number of piperidine rings is 1. The van der Waals surface area contributed by atoms with E-state index >= 15 is 0 Å². The molecule has 1 aromatic carbocycles. The van der Waals surface area contributed by atoms with Crippen LogP contribution >= 0.6 is 11.3 Å². The average molecular weight is 481 g/mol. The summed E-state index contributed by atoms with van der Waals surface area (Å²) in [6.45, 7) is 9.22. The van der Waals surface area contributed by atoms with Gasteiger partial charge in [0.05, 0.1) is 16.9 Å². The van der Waals surface area contributed by atoms with Crippen LogP contribution in [0.25, 0.3) is 10.6 Å². The summed E-state index contributed by atoms with van der Waals surface area (Å²) in [6, 6.07) is 12.3. The number of aromatic nitrogens is 2. The van der Waals surface area contributed by atoms with Crippen LogP contribution in [-0.4, -0.2) is 59.2 Å². The first-order valence-corrected chi connectivity index (χ1v) is 13.1. The lowest BCUT2D eigenvalue weighted by Crippen LogP contribution is -2.53. The molecule has 8 heteroatoms. The zero-order valence-corrected chi connectivity index (χ0v) is 20.7. The zero-order valence-electron chi connectivity index (χ0n) is 19.9. The summed E-state index contributed by atoms with van der Waals surface area (Å²) in [4.78, 5) is 14.6. The first kappa shape index (κ1) is 23.2. The lowest BCUT2D eigenvalue weighted by Gasteiger charge is -2.35. The van der Waals surface area contributed by atoms with Crippen molar-refractivity contribution in [3.63, 3.8) is 0 Å². The van der Waals surface area contributed by atoms with E-state index in [9.17, 15) is 4.39 Å². The van der Waals surface area contributed by atoms with Crippen LogP contribution in [0.15, 0.2) is 48.0 Å². The maximum atomic E-state index is 14.0. The van der Waals surface area contributed by atoms with Crippen LogP contribution in [0.5, 0.6) is 0 Å². The molecule has 2 saturated heterocycles. The number of rotatable bonds is 6. The quantitative estimate of drug-likeness (QED) is 0.538. The first-order valence-electron chi connectivity index (χ1n) is 12.2. The van der Waals surface area contributed by atoms with E-state index in [-0.39, 0.29) is 11.9 Å². The molecule has 34 heavy (non-hydrogen) atoms. The van der Waals surface area contributed by atoms with Crippen LogP contribution < -0.4 is 15.5 Å². The third kappa shape index (κ3) is 5.40. The number of nitrogens with zero attached hydrogens (tertiary/aromatic N) is 4. The molecule has 0 spiro atoms. The Labute approximate surface area is 205 Å². The molecule has 2 aromatic heterocycles. The highest BCUT2D eigenvalue weighted by Gasteiger charge is 2.25. The topological polar surface area (TPSA) is 56.3 Å². The predicted octanol–water partition coefficient (Wildman–Crippen LogP) is 4.61. The molecule has 2 aliphatic rings. The van der Waals surface area contributed by atoms with Crippen molar-refractivity contribution < 1.29 is 4.39 Å². The Morgan fingerprint density at radius 3 is 2.62 bits per heavy atom. The summed E-state index contributed by atoms with van der Waals surface area (Å²) in [5.74, 6) is 0.804. The van der Waals surface area contributed by atoms with E-state index in [1.807, 2.05) is 18.3 Å². The molecule has 0 unspecified atom stereocenters. The molecule has 6 nitrogen and oxygen atoms in total. The van der Waals surface area contributed by atoms with E-state index in [1.54, 1.807) is 23.5 Å². The minimum absolute atomic E-state index is 0.193. The summed E-state index contributed by atoms with van der Waals surface area (Å²) in [6.07, 6.45) is 3.74. The number of benzene rings is 1. The van der Waals surface area contributed by atoms with Gasteiger partial charge in [0.15, 0.2) is 0 Å². The smallest absolute Gasteiger partial charge is 0.146 e. The Kier molecular flexibility index (Phi) is 7.08. The van der Waals surface area contributed by atoms with Gasteiger partial charge in [-0.1, -0.05) is 12.1 Å². The van der Waals surface area contributed by atoms with Gasteiger partial charge in [0.1, 0.15) is 16.6 Å². The van der Waals surface area contributed by atoms with Gasteiger partial charge < -0.3 is 15.5 Å². The molecule has 0 radical (unpaired) electrons. The fourth-order valence-electron chi connectivity index (χ4n) is 5.15. The Bertz CT molecular complexity index is 1090. The Balaban J connectivity index is 1.24. The van der Waals surface area contributed by atoms with E-state index in [4.69, 9.17) is 9.97 Å². The molecule has 0 amide bonds. The van der Waals surface area contributed by atoms with E-state index in [0.717, 1.165) is 67.6 Å². The number of thiazole rings is 1. The molecule has 5 rings (SSSR count). The fourth-order valence-corrected chi connectivity index (χ4v) is 5.98. The van der Waals surface area contributed by atoms with E-state index in [2.05, 4.69) is 45.7 Å². The third-order valence-electron chi connectivity index (χ3n) is 6.62. The number of halogens is 1. The van der Waals surface area contributed by atoms with E-state index < -0.39 is 0 Å². The van der Waals surface area contributed by atoms with Crippen LogP contribution in [0.4, 0.5) is 15.9 Å². The predicted molar refractivity (Wildman–Crippen MR) is 138 cm³/mol. The second-order valence-electron chi connectivity index (χ2n) is 9.57. The van der Waals surface area contributed by atoms with Gasteiger partial charge in [0.2, 0.25) is 0 Å². The van der Waals surface area contributed by atoms with Gasteiger partial charge in [-0.2, -0.15) is 0 Å². The molecule has 2 aliphatic heterocycles. The zero-order chi connectivity index (χ0) is 23.5. The highest BCUT2D eigenvalue weighted by atomic mass is 32.1. The SMILES string of the molecule is C[C@@H]1CN(Cc2csc(-c3cccnc3N3CCC(Nc4ccccc4F)CC3)n2)C[C@H](C)N1. The van der Waals surface area contributed by atoms with E-state index in [0.29, 0.717) is 17.8 Å². The van der Waals surface area contributed by atoms with Crippen molar-refractivity contribution in [2.45, 2.75) is 51.4 Å². The number of nitrogens with one attached hydrogen (secondary N) is 2. The van der Waals surface area contributed by atoms with Gasteiger partial charge in [-0.25, -0.2) is 14.4 Å². The lowest BCUT2D eigenvalue weighted by molar-refractivity contribution is 0.165. The van der Waals surface area contributed by atoms with Crippen molar-refractivity contribution in [1.29, 1.82) is 0 Å². The number of para-hydroxylation sites is 1. The molecular weight excluding hydrogens is 447 g/mol. The normalized spacial score (nSPS) is 22.1. The molecule has 4 heterocycles. The molecule has 3 aromatic rings. The van der Waals surface area contributed by atoms with Crippen LogP contribution in [-0.2, 0) is 6.54 Å². The summed E-state index contributed by atoms with van der Waals surface area (Å²) < 4.78 is 14.0. The number of pyridine rings is 1. The van der Waals surface area contributed by atoms with Gasteiger partial charge in [0.25, 0.3) is 0 Å². The van der Waals surface area contributed by atoms with Gasteiger partial charge in [-0.3, -0.25) is 4.90 Å². The molecule has 2 atom stereocenters. The van der Waals surface area contributed by atoms with Crippen molar-refractivity contribution in [3.05, 3.63) is 59.5 Å². The largest absolute Gasteiger partial charge is 0.380 e. The average Bonchev–Trinajstić information content (AvgIpc) is 3.29. The van der Waals surface area contributed by atoms with Gasteiger partial charge >= 0.3 is 0 Å². The summed E-state index contributed by atoms with van der Waals surface area (Å²) >= 11 is 1.70. The molecular formula is C26H33FN6S. The van der Waals surface area contributed by atoms with E-state index in [1.165, 1.54) is 6.07 Å². The number of hydrogen-bond acceptors (Lipinski definition) is 7. The molecule has 0 saturated carbocycles. The summed E-state index contributed by atoms with van der Waals surface area (Å²) in [7, 11) is 0. The number of hydrogen-bond donors (Lipinski definition) is 2. The molecule has 0 aliphatic carbocycles. The first-order chi connectivity index (χ1) is 16.5. The lowest BCUT2D eigenvalue weighted by atomic mass is 10.0. The van der Waals surface area contributed by atoms with Crippen molar-refractivity contribution in [1.82, 2.24) is 20.2 Å². The molecule has 180 valence electrons. The van der Waals surface area contributed by atoms with Crippen molar-refractivity contribution in [3.8, 4) is 10.6 Å². The third-order valence-corrected chi connectivity index (χ3v) is 7.54. The van der Waals surface area contributed by atoms with Gasteiger partial charge in [-0.15, -0.1) is 11.3 Å². The molecule has 2 N–H and O–H groups in total. The van der Waals surface area contributed by atoms with Crippen LogP contribution in [0, 0.1) is 5.82 Å². The molecule has 0 bridgehead atoms. The Hall–Kier alpha value is -2.55. The van der Waals surface area contributed by atoms with Gasteiger partial charge in [-0.05, 0) is 51.0 Å². The van der Waals surface area contributed by atoms with Crippen LogP contribution in [0.3, 0.4) is 0 Å². The monoisotopic (exact) mass is 480 g/mol. The maximum absolute atomic E-state index is 14.0. The Morgan fingerprint density at radius 1 is 1.09 bits per heavy atom. The second-order valence-corrected chi connectivity index (χ2v) is 10.4. The van der Waals surface area contributed by atoms with Crippen molar-refractivity contribution in [2.24, 2.45) is 0 Å². The summed E-state index contributed by atoms with van der Waals surface area (Å²) in [5, 5.41) is 10.2. The van der Waals surface area contributed by atoms with Crippen molar-refractivity contribution >= 4 is 22.8 Å². The number of anilines is 2. The standard InChI is InChI=1S/C26H33FN6S/c1-18-14-32(15-19(2)29-18)16-21-17-34-26(31-21)22-6-5-11-28-25(22)33-12-9-20(10-13-33)30-24-8-4-3-7-23(24)27/h3-8,11,17-20,29-30H,9-10,12-16H2,1-2H3/t18-,19+. The highest BCUT2D eigenvalue weighted by Crippen LogP contribution is 2.33. The fraction of sp³-hybridized carbons (Fsp3) is 0.462. The number of piperazine rings is 1. The second kappa shape index (κ2) is 10.4. The maximum Gasteiger partial charge on any atom is 0.146 e. The highest BCUT2D eigenvalue weighted by molar-refractivity contribution is 7.13. The minimum Gasteiger partial charge on any atom is -0.380 e. The molecule has 2 fully saturated rings. The summed E-state index contributed by atoms with van der Waals surface area (Å²) in [5.41, 5.74) is 2.81. The van der Waals surface area contributed by atoms with Gasteiger partial charge in [0, 0.05) is 62.4 Å². The van der Waals surface area contributed by atoms with Crippen LogP contribution in [0.1, 0.15) is 32.4 Å².